The third-order valence-electron chi connectivity index (χ3n) is 5.47. The van der Waals surface area contributed by atoms with Gasteiger partial charge in [0.2, 0.25) is 5.91 Å². The van der Waals surface area contributed by atoms with Crippen LogP contribution in [-0.4, -0.2) is 35.9 Å². The van der Waals surface area contributed by atoms with E-state index in [0.717, 1.165) is 23.1 Å². The Labute approximate surface area is 206 Å². The zero-order chi connectivity index (χ0) is 24.3. The lowest BCUT2D eigenvalue weighted by Crippen LogP contribution is -2.51. The molecule has 5 nitrogen and oxygen atoms in total. The number of carbonyl (C=O) groups excluding carboxylic acids is 2. The summed E-state index contributed by atoms with van der Waals surface area (Å²) in [5, 5.41) is 3.57. The second kappa shape index (κ2) is 12.8. The molecule has 6 heteroatoms. The van der Waals surface area contributed by atoms with Crippen LogP contribution >= 0.6 is 11.6 Å². The van der Waals surface area contributed by atoms with E-state index < -0.39 is 6.04 Å². The first-order valence-corrected chi connectivity index (χ1v) is 11.9. The average Bonchev–Trinajstić information content (AvgIpc) is 2.86. The van der Waals surface area contributed by atoms with Crippen LogP contribution in [-0.2, 0) is 22.6 Å². The molecule has 0 aliphatic carbocycles. The van der Waals surface area contributed by atoms with Gasteiger partial charge < -0.3 is 15.0 Å². The fraction of sp³-hybridized carbons (Fsp3) is 0.286. The van der Waals surface area contributed by atoms with Gasteiger partial charge in [0.1, 0.15) is 11.8 Å². The van der Waals surface area contributed by atoms with Crippen molar-refractivity contribution >= 4 is 23.4 Å². The molecule has 0 saturated carbocycles. The van der Waals surface area contributed by atoms with Crippen molar-refractivity contribution in [1.82, 2.24) is 10.2 Å². The molecule has 34 heavy (non-hydrogen) atoms. The molecule has 0 aliphatic heterocycles. The number of hydrogen-bond acceptors (Lipinski definition) is 3. The SMILES string of the molecule is CCCNC(=O)[C@@H](Cc1ccccc1)N(Cc1ccc(C)cc1)C(=O)COc1ccc(Cl)cc1. The number of nitrogens with zero attached hydrogens (tertiary/aromatic N) is 1. The minimum Gasteiger partial charge on any atom is -0.484 e. The van der Waals surface area contributed by atoms with Crippen molar-refractivity contribution in [3.05, 3.63) is 101 Å². The van der Waals surface area contributed by atoms with E-state index in [2.05, 4.69) is 5.32 Å². The Kier molecular flexibility index (Phi) is 9.53. The first-order valence-electron chi connectivity index (χ1n) is 11.5. The fourth-order valence-corrected chi connectivity index (χ4v) is 3.69. The highest BCUT2D eigenvalue weighted by molar-refractivity contribution is 6.30. The summed E-state index contributed by atoms with van der Waals surface area (Å²) in [6.07, 6.45) is 1.23. The summed E-state index contributed by atoms with van der Waals surface area (Å²) >= 11 is 5.95. The Morgan fingerprint density at radius 3 is 2.26 bits per heavy atom. The Balaban J connectivity index is 1.87. The lowest BCUT2D eigenvalue weighted by Gasteiger charge is -2.31. The van der Waals surface area contributed by atoms with E-state index in [1.165, 1.54) is 0 Å². The third kappa shape index (κ3) is 7.63. The minimum absolute atomic E-state index is 0.169. The maximum Gasteiger partial charge on any atom is 0.261 e. The molecule has 1 atom stereocenters. The minimum atomic E-state index is -0.670. The van der Waals surface area contributed by atoms with Crippen LogP contribution in [0.4, 0.5) is 0 Å². The Hall–Kier alpha value is -3.31. The Bertz CT molecular complexity index is 1050. The van der Waals surface area contributed by atoms with Crippen LogP contribution in [0.2, 0.25) is 5.02 Å². The molecule has 0 saturated heterocycles. The number of benzene rings is 3. The number of halogens is 1. The van der Waals surface area contributed by atoms with E-state index >= 15 is 0 Å². The highest BCUT2D eigenvalue weighted by Gasteiger charge is 2.30. The third-order valence-corrected chi connectivity index (χ3v) is 5.72. The molecule has 0 aliphatic rings. The number of hydrogen-bond donors (Lipinski definition) is 1. The largest absolute Gasteiger partial charge is 0.484 e. The van der Waals surface area contributed by atoms with Crippen LogP contribution < -0.4 is 10.1 Å². The number of carbonyl (C=O) groups is 2. The van der Waals surface area contributed by atoms with Gasteiger partial charge in [0.25, 0.3) is 5.91 Å². The molecular formula is C28H31ClN2O3. The molecule has 3 rings (SSSR count). The van der Waals surface area contributed by atoms with Gasteiger partial charge in [-0.2, -0.15) is 0 Å². The summed E-state index contributed by atoms with van der Waals surface area (Å²) in [5.41, 5.74) is 3.07. The highest BCUT2D eigenvalue weighted by Crippen LogP contribution is 2.18. The lowest BCUT2D eigenvalue weighted by molar-refractivity contribution is -0.142. The van der Waals surface area contributed by atoms with E-state index in [4.69, 9.17) is 16.3 Å². The molecule has 0 bridgehead atoms. The van der Waals surface area contributed by atoms with E-state index in [1.807, 2.05) is 68.4 Å². The lowest BCUT2D eigenvalue weighted by atomic mass is 10.0. The summed E-state index contributed by atoms with van der Waals surface area (Å²) in [5.74, 6) is 0.115. The maximum atomic E-state index is 13.5. The molecular weight excluding hydrogens is 448 g/mol. The van der Waals surface area contributed by atoms with Gasteiger partial charge in [-0.1, -0.05) is 78.7 Å². The monoisotopic (exact) mass is 478 g/mol. The second-order valence-corrected chi connectivity index (χ2v) is 8.68. The van der Waals surface area contributed by atoms with E-state index in [-0.39, 0.29) is 18.4 Å². The molecule has 1 N–H and O–H groups in total. The highest BCUT2D eigenvalue weighted by atomic mass is 35.5. The average molecular weight is 479 g/mol. The zero-order valence-electron chi connectivity index (χ0n) is 19.7. The predicted molar refractivity (Wildman–Crippen MR) is 136 cm³/mol. The maximum absolute atomic E-state index is 13.5. The number of rotatable bonds is 11. The molecule has 0 radical (unpaired) electrons. The van der Waals surface area contributed by atoms with Crippen LogP contribution in [0, 0.1) is 6.92 Å². The van der Waals surface area contributed by atoms with Crippen molar-refractivity contribution in [1.29, 1.82) is 0 Å². The molecule has 0 fully saturated rings. The summed E-state index contributed by atoms with van der Waals surface area (Å²) in [6.45, 7) is 4.70. The number of ether oxygens (including phenoxy) is 1. The standard InChI is InChI=1S/C28H31ClN2O3/c1-3-17-30-28(33)26(18-22-7-5-4-6-8-22)31(19-23-11-9-21(2)10-12-23)27(32)20-34-25-15-13-24(29)14-16-25/h4-16,26H,3,17-20H2,1-2H3,(H,30,33)/t26-/m1/s1. The van der Waals surface area contributed by atoms with Gasteiger partial charge in [-0.05, 0) is 48.7 Å². The van der Waals surface area contributed by atoms with Gasteiger partial charge in [0.15, 0.2) is 6.61 Å². The molecule has 3 aromatic carbocycles. The van der Waals surface area contributed by atoms with Crippen molar-refractivity contribution in [2.45, 2.75) is 39.3 Å². The second-order valence-electron chi connectivity index (χ2n) is 8.25. The Morgan fingerprint density at radius 1 is 0.941 bits per heavy atom. The molecule has 3 aromatic rings. The Morgan fingerprint density at radius 2 is 1.62 bits per heavy atom. The fourth-order valence-electron chi connectivity index (χ4n) is 3.57. The summed E-state index contributed by atoms with van der Waals surface area (Å²) in [4.78, 5) is 28.3. The topological polar surface area (TPSA) is 58.6 Å². The van der Waals surface area contributed by atoms with Gasteiger partial charge in [-0.25, -0.2) is 0 Å². The smallest absolute Gasteiger partial charge is 0.261 e. The molecule has 0 heterocycles. The molecule has 0 spiro atoms. The van der Waals surface area contributed by atoms with E-state index in [9.17, 15) is 9.59 Å². The van der Waals surface area contributed by atoms with Gasteiger partial charge >= 0.3 is 0 Å². The van der Waals surface area contributed by atoms with Crippen molar-refractivity contribution in [2.24, 2.45) is 0 Å². The molecule has 2 amide bonds. The molecule has 0 aromatic heterocycles. The van der Waals surface area contributed by atoms with Crippen LogP contribution in [0.5, 0.6) is 5.75 Å². The van der Waals surface area contributed by atoms with Gasteiger partial charge in [0, 0.05) is 24.5 Å². The van der Waals surface area contributed by atoms with Crippen LogP contribution in [0.1, 0.15) is 30.0 Å². The number of aryl methyl sites for hydroxylation is 1. The van der Waals surface area contributed by atoms with Gasteiger partial charge in [-0.3, -0.25) is 9.59 Å². The van der Waals surface area contributed by atoms with Gasteiger partial charge in [0.05, 0.1) is 0 Å². The van der Waals surface area contributed by atoms with Crippen LogP contribution in [0.25, 0.3) is 0 Å². The summed E-state index contributed by atoms with van der Waals surface area (Å²) < 4.78 is 5.74. The summed E-state index contributed by atoms with van der Waals surface area (Å²) in [6, 6.07) is 23.9. The van der Waals surface area contributed by atoms with Crippen molar-refractivity contribution in [3.8, 4) is 5.75 Å². The number of amides is 2. The molecule has 178 valence electrons. The quantitative estimate of drug-likeness (QED) is 0.412. The van der Waals surface area contributed by atoms with Gasteiger partial charge in [-0.15, -0.1) is 0 Å². The van der Waals surface area contributed by atoms with Crippen molar-refractivity contribution in [3.63, 3.8) is 0 Å². The normalized spacial score (nSPS) is 11.5. The van der Waals surface area contributed by atoms with Crippen LogP contribution in [0.3, 0.4) is 0 Å². The van der Waals surface area contributed by atoms with Crippen molar-refractivity contribution in [2.75, 3.05) is 13.2 Å². The van der Waals surface area contributed by atoms with E-state index in [1.54, 1.807) is 29.2 Å². The van der Waals surface area contributed by atoms with Crippen molar-refractivity contribution < 1.29 is 14.3 Å². The van der Waals surface area contributed by atoms with Crippen LogP contribution in [0.15, 0.2) is 78.9 Å². The number of nitrogens with one attached hydrogen (secondary N) is 1. The van der Waals surface area contributed by atoms with E-state index in [0.29, 0.717) is 30.3 Å². The summed E-state index contributed by atoms with van der Waals surface area (Å²) in [7, 11) is 0. The first-order chi connectivity index (χ1) is 16.5. The predicted octanol–water partition coefficient (Wildman–Crippen LogP) is 5.19. The molecule has 0 unspecified atom stereocenters. The zero-order valence-corrected chi connectivity index (χ0v) is 20.4. The first kappa shape index (κ1) is 25.3.